The van der Waals surface area contributed by atoms with Crippen LogP contribution in [0.4, 0.5) is 0 Å². The molecule has 0 aliphatic carbocycles. The van der Waals surface area contributed by atoms with Crippen LogP contribution >= 0.6 is 11.3 Å². The second-order valence-corrected chi connectivity index (χ2v) is 4.82. The Bertz CT molecular complexity index is 599. The van der Waals surface area contributed by atoms with Gasteiger partial charge in [0.1, 0.15) is 6.07 Å². The van der Waals surface area contributed by atoms with Gasteiger partial charge >= 0.3 is 0 Å². The lowest BCUT2D eigenvalue weighted by Crippen LogP contribution is -2.11. The minimum absolute atomic E-state index is 0.677. The van der Waals surface area contributed by atoms with Crippen LogP contribution in [0, 0.1) is 22.7 Å². The van der Waals surface area contributed by atoms with E-state index in [0.717, 1.165) is 29.1 Å². The summed E-state index contributed by atoms with van der Waals surface area (Å²) >= 11 is 1.59. The summed E-state index contributed by atoms with van der Waals surface area (Å²) in [6.45, 7) is 1.51. The highest BCUT2D eigenvalue weighted by Crippen LogP contribution is 2.13. The first-order valence-electron chi connectivity index (χ1n) is 5.49. The molecule has 1 heterocycles. The maximum atomic E-state index is 8.71. The van der Waals surface area contributed by atoms with Gasteiger partial charge in [0, 0.05) is 23.3 Å². The van der Waals surface area contributed by atoms with Gasteiger partial charge in [-0.15, -0.1) is 11.3 Å². The average Bonchev–Trinajstić information content (AvgIpc) is 2.87. The third-order valence-corrected chi connectivity index (χ3v) is 3.43. The van der Waals surface area contributed by atoms with Gasteiger partial charge in [-0.05, 0) is 23.8 Å². The molecule has 0 unspecified atom stereocenters. The van der Waals surface area contributed by atoms with Crippen molar-refractivity contribution in [1.82, 2.24) is 5.32 Å². The molecule has 1 aromatic heterocycles. The largest absolute Gasteiger partial charge is 0.308 e. The van der Waals surface area contributed by atoms with E-state index < -0.39 is 0 Å². The van der Waals surface area contributed by atoms with Crippen LogP contribution in [0.15, 0.2) is 35.7 Å². The van der Waals surface area contributed by atoms with Crippen LogP contribution in [0.25, 0.3) is 0 Å². The monoisotopic (exact) mass is 253 g/mol. The molecule has 0 radical (unpaired) electrons. The van der Waals surface area contributed by atoms with Crippen LogP contribution in [0.5, 0.6) is 0 Å². The normalized spacial score (nSPS) is 9.67. The van der Waals surface area contributed by atoms with E-state index in [9.17, 15) is 0 Å². The van der Waals surface area contributed by atoms with Gasteiger partial charge in [0.25, 0.3) is 0 Å². The van der Waals surface area contributed by atoms with Crippen LogP contribution in [0.1, 0.15) is 21.6 Å². The Balaban J connectivity index is 1.85. The third kappa shape index (κ3) is 3.18. The van der Waals surface area contributed by atoms with Gasteiger partial charge in [0.05, 0.1) is 17.2 Å². The number of thiophene rings is 1. The Kier molecular flexibility index (Phi) is 4.09. The van der Waals surface area contributed by atoms with Crippen molar-refractivity contribution >= 4 is 11.3 Å². The molecule has 0 saturated carbocycles. The van der Waals surface area contributed by atoms with Gasteiger partial charge in [-0.2, -0.15) is 10.5 Å². The van der Waals surface area contributed by atoms with Gasteiger partial charge in [0.2, 0.25) is 0 Å². The molecular weight excluding hydrogens is 242 g/mol. The Morgan fingerprint density at radius 3 is 2.33 bits per heavy atom. The third-order valence-electron chi connectivity index (χ3n) is 2.49. The van der Waals surface area contributed by atoms with Crippen molar-refractivity contribution in [3.05, 3.63) is 57.3 Å². The Morgan fingerprint density at radius 1 is 1.00 bits per heavy atom. The smallest absolute Gasteiger partial charge is 0.100 e. The molecule has 18 heavy (non-hydrogen) atoms. The lowest BCUT2D eigenvalue weighted by atomic mass is 10.1. The molecular formula is C14H11N3S. The predicted molar refractivity (Wildman–Crippen MR) is 70.7 cm³/mol. The molecule has 2 rings (SSSR count). The van der Waals surface area contributed by atoms with Crippen molar-refractivity contribution in [2.24, 2.45) is 0 Å². The number of nitrogens with zero attached hydrogens (tertiary/aromatic N) is 2. The van der Waals surface area contributed by atoms with E-state index in [4.69, 9.17) is 10.5 Å². The van der Waals surface area contributed by atoms with Crippen molar-refractivity contribution in [3.8, 4) is 12.1 Å². The van der Waals surface area contributed by atoms with Crippen molar-refractivity contribution in [1.29, 1.82) is 10.5 Å². The number of benzene rings is 1. The molecule has 2 aromatic rings. The maximum absolute atomic E-state index is 8.71. The second kappa shape index (κ2) is 5.97. The molecule has 0 amide bonds. The molecule has 0 saturated heterocycles. The predicted octanol–water partition coefficient (Wildman–Crippen LogP) is 2.78. The number of hydrogen-bond acceptors (Lipinski definition) is 4. The molecule has 0 atom stereocenters. The minimum atomic E-state index is 0.677. The van der Waals surface area contributed by atoms with Crippen LogP contribution in [-0.2, 0) is 13.1 Å². The van der Waals surface area contributed by atoms with E-state index in [2.05, 4.69) is 17.5 Å². The minimum Gasteiger partial charge on any atom is -0.308 e. The molecule has 1 aromatic carbocycles. The maximum Gasteiger partial charge on any atom is 0.100 e. The summed E-state index contributed by atoms with van der Waals surface area (Å²) in [7, 11) is 0. The van der Waals surface area contributed by atoms with Crippen molar-refractivity contribution in [3.63, 3.8) is 0 Å². The van der Waals surface area contributed by atoms with E-state index in [1.165, 1.54) is 0 Å². The summed E-state index contributed by atoms with van der Waals surface area (Å²) in [5, 5.41) is 22.6. The van der Waals surface area contributed by atoms with E-state index in [-0.39, 0.29) is 0 Å². The number of nitriles is 2. The van der Waals surface area contributed by atoms with E-state index in [1.54, 1.807) is 11.3 Å². The zero-order chi connectivity index (χ0) is 12.8. The highest BCUT2D eigenvalue weighted by Gasteiger charge is 1.99. The molecule has 0 aliphatic heterocycles. The van der Waals surface area contributed by atoms with Gasteiger partial charge in [-0.25, -0.2) is 0 Å². The Hall–Kier alpha value is -2.14. The fourth-order valence-electron chi connectivity index (χ4n) is 1.56. The second-order valence-electron chi connectivity index (χ2n) is 3.83. The quantitative estimate of drug-likeness (QED) is 0.911. The number of hydrogen-bond donors (Lipinski definition) is 1. The molecule has 0 bridgehead atoms. The fourth-order valence-corrected chi connectivity index (χ4v) is 2.34. The van der Waals surface area contributed by atoms with E-state index in [0.29, 0.717) is 5.56 Å². The highest BCUT2D eigenvalue weighted by molar-refractivity contribution is 7.10. The topological polar surface area (TPSA) is 59.6 Å². The fraction of sp³-hybridized carbons (Fsp3) is 0.143. The zero-order valence-electron chi connectivity index (χ0n) is 9.68. The Labute approximate surface area is 110 Å². The average molecular weight is 253 g/mol. The molecule has 0 fully saturated rings. The van der Waals surface area contributed by atoms with Crippen LogP contribution in [-0.4, -0.2) is 0 Å². The number of rotatable bonds is 4. The van der Waals surface area contributed by atoms with E-state index in [1.807, 2.05) is 35.7 Å². The van der Waals surface area contributed by atoms with Gasteiger partial charge in [0.15, 0.2) is 0 Å². The first-order valence-corrected chi connectivity index (χ1v) is 6.37. The Morgan fingerprint density at radius 2 is 1.72 bits per heavy atom. The van der Waals surface area contributed by atoms with E-state index >= 15 is 0 Å². The summed E-state index contributed by atoms with van der Waals surface area (Å²) < 4.78 is 0. The standard InChI is InChI=1S/C14H11N3S/c15-6-11-1-3-12(4-2-11)8-17-9-14-5-13(7-16)10-18-14/h1-5,10,17H,8-9H2. The molecule has 1 N–H and O–H groups in total. The summed E-state index contributed by atoms with van der Waals surface area (Å²) in [6, 6.07) is 13.6. The van der Waals surface area contributed by atoms with Gasteiger partial charge in [-0.1, -0.05) is 12.1 Å². The van der Waals surface area contributed by atoms with Crippen molar-refractivity contribution in [2.45, 2.75) is 13.1 Å². The SMILES string of the molecule is N#Cc1ccc(CNCc2cc(C#N)cs2)cc1. The van der Waals surface area contributed by atoms with Crippen molar-refractivity contribution < 1.29 is 0 Å². The lowest BCUT2D eigenvalue weighted by Gasteiger charge is -2.03. The molecule has 0 spiro atoms. The first-order chi connectivity index (χ1) is 8.81. The molecule has 4 heteroatoms. The van der Waals surface area contributed by atoms with Crippen LogP contribution < -0.4 is 5.32 Å². The summed E-state index contributed by atoms with van der Waals surface area (Å²) in [5.74, 6) is 0. The summed E-state index contributed by atoms with van der Waals surface area (Å²) in [4.78, 5) is 1.15. The summed E-state index contributed by atoms with van der Waals surface area (Å²) in [6.07, 6.45) is 0. The number of nitrogens with one attached hydrogen (secondary N) is 1. The van der Waals surface area contributed by atoms with Crippen molar-refractivity contribution in [2.75, 3.05) is 0 Å². The van der Waals surface area contributed by atoms with Gasteiger partial charge in [-0.3, -0.25) is 0 Å². The molecule has 88 valence electrons. The highest BCUT2D eigenvalue weighted by atomic mass is 32.1. The van der Waals surface area contributed by atoms with Crippen LogP contribution in [0.2, 0.25) is 0 Å². The molecule has 3 nitrogen and oxygen atoms in total. The summed E-state index contributed by atoms with van der Waals surface area (Å²) in [5.41, 5.74) is 2.54. The first kappa shape index (κ1) is 12.3. The van der Waals surface area contributed by atoms with Gasteiger partial charge < -0.3 is 5.32 Å². The zero-order valence-corrected chi connectivity index (χ0v) is 10.5. The lowest BCUT2D eigenvalue weighted by molar-refractivity contribution is 0.701. The molecule has 0 aliphatic rings. The van der Waals surface area contributed by atoms with Crippen LogP contribution in [0.3, 0.4) is 0 Å².